The molecule has 2 rings (SSSR count). The summed E-state index contributed by atoms with van der Waals surface area (Å²) in [6, 6.07) is 6.25. The van der Waals surface area contributed by atoms with E-state index in [2.05, 4.69) is 4.74 Å². The number of hydrogen-bond donors (Lipinski definition) is 0. The summed E-state index contributed by atoms with van der Waals surface area (Å²) in [6.45, 7) is 5.14. The molecule has 1 saturated heterocycles. The van der Waals surface area contributed by atoms with E-state index in [0.717, 1.165) is 9.87 Å². The molecule has 1 atom stereocenters. The predicted molar refractivity (Wildman–Crippen MR) is 79.3 cm³/mol. The zero-order chi connectivity index (χ0) is 17.5. The fourth-order valence-electron chi connectivity index (χ4n) is 2.82. The largest absolute Gasteiger partial charge is 0.522 e. The van der Waals surface area contributed by atoms with Crippen molar-refractivity contribution < 1.29 is 26.3 Å². The number of ether oxygens (including phenoxy) is 1. The predicted octanol–water partition coefficient (Wildman–Crippen LogP) is 3.32. The van der Waals surface area contributed by atoms with Crippen LogP contribution in [-0.4, -0.2) is 38.3 Å². The van der Waals surface area contributed by atoms with E-state index in [0.29, 0.717) is 0 Å². The number of sulfonamides is 1. The Morgan fingerprint density at radius 2 is 1.78 bits per heavy atom. The molecule has 1 aliphatic rings. The Morgan fingerprint density at radius 3 is 2.30 bits per heavy atom. The first kappa shape index (κ1) is 18.2. The number of hydrogen-bond acceptors (Lipinski definition) is 3. The van der Waals surface area contributed by atoms with Gasteiger partial charge in [-0.15, -0.1) is 13.2 Å². The minimum atomic E-state index is -4.78. The highest BCUT2D eigenvalue weighted by Gasteiger charge is 2.43. The summed E-state index contributed by atoms with van der Waals surface area (Å²) >= 11 is 0. The molecule has 1 aromatic carbocycles. The third-order valence-electron chi connectivity index (χ3n) is 3.75. The zero-order valence-corrected chi connectivity index (χ0v) is 14.0. The Balaban J connectivity index is 2.28. The van der Waals surface area contributed by atoms with E-state index in [1.165, 1.54) is 12.1 Å². The van der Waals surface area contributed by atoms with Crippen LogP contribution in [0.15, 0.2) is 29.2 Å². The second kappa shape index (κ2) is 6.07. The van der Waals surface area contributed by atoms with Gasteiger partial charge in [0.25, 0.3) is 0 Å². The maximum absolute atomic E-state index is 12.7. The molecule has 0 N–H and O–H groups in total. The molecule has 8 heteroatoms. The number of piperidine rings is 1. The molecule has 0 aliphatic carbocycles. The van der Waals surface area contributed by atoms with E-state index in [-0.39, 0.29) is 24.4 Å². The Bertz CT molecular complexity index is 652. The average molecular weight is 351 g/mol. The van der Waals surface area contributed by atoms with Crippen LogP contribution in [0.4, 0.5) is 13.2 Å². The van der Waals surface area contributed by atoms with Gasteiger partial charge in [0.2, 0.25) is 10.0 Å². The lowest BCUT2D eigenvalue weighted by Gasteiger charge is -2.41. The molecule has 23 heavy (non-hydrogen) atoms. The van der Waals surface area contributed by atoms with Gasteiger partial charge in [0.1, 0.15) is 0 Å². The Kier molecular flexibility index (Phi) is 4.81. The summed E-state index contributed by atoms with van der Waals surface area (Å²) in [7, 11) is -3.85. The molecule has 130 valence electrons. The van der Waals surface area contributed by atoms with Crippen LogP contribution in [0.2, 0.25) is 0 Å². The molecule has 0 aromatic heterocycles. The van der Waals surface area contributed by atoms with Gasteiger partial charge in [-0.3, -0.25) is 4.74 Å². The lowest BCUT2D eigenvalue weighted by Crippen LogP contribution is -2.51. The summed E-state index contributed by atoms with van der Waals surface area (Å²) in [5, 5.41) is 0. The highest BCUT2D eigenvalue weighted by atomic mass is 32.2. The maximum Gasteiger partial charge on any atom is 0.522 e. The number of aryl methyl sites for hydroxylation is 1. The molecule has 1 heterocycles. The monoisotopic (exact) mass is 351 g/mol. The lowest BCUT2D eigenvalue weighted by molar-refractivity contribution is -0.347. The van der Waals surface area contributed by atoms with Crippen LogP contribution in [0.1, 0.15) is 25.8 Å². The molecule has 0 saturated carbocycles. The molecule has 4 nitrogen and oxygen atoms in total. The van der Waals surface area contributed by atoms with Gasteiger partial charge in [-0.1, -0.05) is 31.5 Å². The van der Waals surface area contributed by atoms with Gasteiger partial charge >= 0.3 is 6.36 Å². The molecule has 1 unspecified atom stereocenters. The first-order valence-corrected chi connectivity index (χ1v) is 8.64. The van der Waals surface area contributed by atoms with Crippen molar-refractivity contribution in [2.24, 2.45) is 5.41 Å². The van der Waals surface area contributed by atoms with Crippen LogP contribution < -0.4 is 0 Å². The maximum atomic E-state index is 12.7. The van der Waals surface area contributed by atoms with Gasteiger partial charge in [-0.2, -0.15) is 4.31 Å². The van der Waals surface area contributed by atoms with Crippen LogP contribution in [0.3, 0.4) is 0 Å². The lowest BCUT2D eigenvalue weighted by atomic mass is 9.84. The summed E-state index contributed by atoms with van der Waals surface area (Å²) < 4.78 is 68.0. The third-order valence-corrected chi connectivity index (χ3v) is 5.58. The van der Waals surface area contributed by atoms with Gasteiger partial charge in [-0.25, -0.2) is 8.42 Å². The molecule has 1 fully saturated rings. The van der Waals surface area contributed by atoms with Crippen LogP contribution in [0, 0.1) is 12.3 Å². The zero-order valence-electron chi connectivity index (χ0n) is 13.2. The van der Waals surface area contributed by atoms with E-state index < -0.39 is 27.9 Å². The molecule has 0 amide bonds. The quantitative estimate of drug-likeness (QED) is 0.839. The summed E-state index contributed by atoms with van der Waals surface area (Å²) in [6.07, 6.45) is -5.84. The summed E-state index contributed by atoms with van der Waals surface area (Å²) in [5.74, 6) is 0. The number of halogens is 3. The molecule has 0 spiro atoms. The van der Waals surface area contributed by atoms with Crippen molar-refractivity contribution >= 4 is 10.0 Å². The van der Waals surface area contributed by atoms with Crippen LogP contribution in [0.25, 0.3) is 0 Å². The minimum Gasteiger partial charge on any atom is -0.287 e. The molecule has 1 aliphatic heterocycles. The van der Waals surface area contributed by atoms with Crippen LogP contribution >= 0.6 is 0 Å². The third kappa shape index (κ3) is 4.68. The molecule has 0 radical (unpaired) electrons. The number of benzene rings is 1. The number of nitrogens with zero attached hydrogens (tertiary/aromatic N) is 1. The van der Waals surface area contributed by atoms with Crippen molar-refractivity contribution in [1.29, 1.82) is 0 Å². The van der Waals surface area contributed by atoms with Crippen molar-refractivity contribution in [1.82, 2.24) is 4.31 Å². The number of rotatable bonds is 3. The molecule has 0 bridgehead atoms. The fraction of sp³-hybridized carbons (Fsp3) is 0.600. The first-order valence-electron chi connectivity index (χ1n) is 7.20. The smallest absolute Gasteiger partial charge is 0.287 e. The van der Waals surface area contributed by atoms with Gasteiger partial charge in [0.05, 0.1) is 11.0 Å². The second-order valence-electron chi connectivity index (χ2n) is 6.66. The van der Waals surface area contributed by atoms with E-state index in [4.69, 9.17) is 0 Å². The molecular formula is C15H20F3NO3S. The number of alkyl halides is 3. The first-order chi connectivity index (χ1) is 10.4. The summed E-state index contributed by atoms with van der Waals surface area (Å²) in [4.78, 5) is 0.0755. The van der Waals surface area contributed by atoms with Crippen LogP contribution in [0.5, 0.6) is 0 Å². The Labute approximate surface area is 134 Å². The normalized spacial score (nSPS) is 23.0. The highest BCUT2D eigenvalue weighted by Crippen LogP contribution is 2.35. The van der Waals surface area contributed by atoms with Gasteiger partial charge in [-0.05, 0) is 30.9 Å². The Morgan fingerprint density at radius 1 is 1.22 bits per heavy atom. The van der Waals surface area contributed by atoms with Crippen LogP contribution in [-0.2, 0) is 14.8 Å². The van der Waals surface area contributed by atoms with Crippen molar-refractivity contribution in [3.63, 3.8) is 0 Å². The van der Waals surface area contributed by atoms with E-state index in [1.54, 1.807) is 26.0 Å². The highest BCUT2D eigenvalue weighted by molar-refractivity contribution is 7.89. The molecular weight excluding hydrogens is 331 g/mol. The summed E-state index contributed by atoms with van der Waals surface area (Å²) in [5.41, 5.74) is 0.299. The minimum absolute atomic E-state index is 0.0755. The van der Waals surface area contributed by atoms with E-state index >= 15 is 0 Å². The van der Waals surface area contributed by atoms with E-state index in [1.807, 2.05) is 6.92 Å². The van der Waals surface area contributed by atoms with Crippen molar-refractivity contribution in [3.05, 3.63) is 29.8 Å². The van der Waals surface area contributed by atoms with Crippen molar-refractivity contribution in [2.75, 3.05) is 13.1 Å². The average Bonchev–Trinajstić information content (AvgIpc) is 2.35. The van der Waals surface area contributed by atoms with E-state index in [9.17, 15) is 21.6 Å². The van der Waals surface area contributed by atoms with Gasteiger partial charge in [0.15, 0.2) is 0 Å². The SMILES string of the molecule is Cc1ccc(S(=O)(=O)N2CC(OC(F)(F)F)CC(C)(C)C2)cc1. The second-order valence-corrected chi connectivity index (χ2v) is 8.60. The van der Waals surface area contributed by atoms with Crippen molar-refractivity contribution in [3.8, 4) is 0 Å². The van der Waals surface area contributed by atoms with Gasteiger partial charge in [0, 0.05) is 13.1 Å². The topological polar surface area (TPSA) is 46.6 Å². The fourth-order valence-corrected chi connectivity index (χ4v) is 4.48. The van der Waals surface area contributed by atoms with Gasteiger partial charge < -0.3 is 0 Å². The Hall–Kier alpha value is -1.12. The standard InChI is InChI=1S/C15H20F3NO3S/c1-11-4-6-13(7-5-11)23(20,21)19-9-12(22-15(16,17)18)8-14(2,3)10-19/h4-7,12H,8-10H2,1-3H3. The molecule has 1 aromatic rings. The van der Waals surface area contributed by atoms with Crippen molar-refractivity contribution in [2.45, 2.75) is 44.6 Å².